The monoisotopic (exact) mass is 268 g/mol. The molecule has 0 aliphatic carbocycles. The first-order valence-corrected chi connectivity index (χ1v) is 6.65. The zero-order chi connectivity index (χ0) is 13.8. The predicted molar refractivity (Wildman–Crippen MR) is 68.1 cm³/mol. The van der Waals surface area contributed by atoms with E-state index in [1.807, 2.05) is 0 Å². The van der Waals surface area contributed by atoms with Gasteiger partial charge in [0.05, 0.1) is 11.8 Å². The van der Waals surface area contributed by atoms with Crippen LogP contribution in [0.15, 0.2) is 0 Å². The Bertz CT molecular complexity index is 438. The van der Waals surface area contributed by atoms with Crippen LogP contribution in [0.1, 0.15) is 48.3 Å². The molecule has 1 aromatic heterocycles. The van der Waals surface area contributed by atoms with Gasteiger partial charge in [-0.1, -0.05) is 5.21 Å². The second-order valence-electron chi connectivity index (χ2n) is 5.01. The number of carboxylic acids is 1. The third-order valence-corrected chi connectivity index (χ3v) is 3.46. The molecule has 7 nitrogen and oxygen atoms in total. The number of hydrogen-bond donors (Lipinski definition) is 3. The topological polar surface area (TPSA) is 100 Å². The number of nitrogens with zero attached hydrogens (tertiary/aromatic N) is 3. The molecule has 1 saturated heterocycles. The fraction of sp³-hybridized carbons (Fsp3) is 0.750. The van der Waals surface area contributed by atoms with Gasteiger partial charge < -0.3 is 15.5 Å². The molecule has 1 unspecified atom stereocenters. The average molecular weight is 268 g/mol. The largest absolute Gasteiger partial charge is 0.476 e. The molecule has 1 fully saturated rings. The molecule has 19 heavy (non-hydrogen) atoms. The molecule has 0 saturated carbocycles. The van der Waals surface area contributed by atoms with Crippen molar-refractivity contribution in [3.63, 3.8) is 0 Å². The Labute approximate surface area is 111 Å². The smallest absolute Gasteiger partial charge is 0.358 e. The Balaban J connectivity index is 2.24. The van der Waals surface area contributed by atoms with E-state index in [-0.39, 0.29) is 11.6 Å². The zero-order valence-electron chi connectivity index (χ0n) is 11.0. The van der Waals surface area contributed by atoms with Crippen LogP contribution in [-0.4, -0.2) is 50.4 Å². The first kappa shape index (κ1) is 14.0. The normalized spacial score (nSPS) is 18.4. The summed E-state index contributed by atoms with van der Waals surface area (Å²) in [6, 6.07) is 0. The lowest BCUT2D eigenvalue weighted by molar-refractivity contribution is 0.0688. The maximum Gasteiger partial charge on any atom is 0.358 e. The number of nitrogens with one attached hydrogen (secondary N) is 1. The number of aromatic nitrogens is 3. The molecule has 106 valence electrons. The number of piperidine rings is 1. The maximum atomic E-state index is 11.2. The van der Waals surface area contributed by atoms with Gasteiger partial charge >= 0.3 is 5.97 Å². The summed E-state index contributed by atoms with van der Waals surface area (Å²) in [5, 5.41) is 29.5. The highest BCUT2D eigenvalue weighted by Gasteiger charge is 2.27. The van der Waals surface area contributed by atoms with Crippen LogP contribution in [0.3, 0.4) is 0 Å². The standard InChI is InChI=1S/C12H20N4O3/c1-8(17)4-7-16-11(9-2-5-13-6-3-9)10(12(18)19)14-15-16/h8-9,13,17H,2-7H2,1H3,(H,18,19). The fourth-order valence-electron chi connectivity index (χ4n) is 2.45. The van der Waals surface area contributed by atoms with E-state index in [1.165, 1.54) is 0 Å². The minimum Gasteiger partial charge on any atom is -0.476 e. The Morgan fingerprint density at radius 1 is 1.53 bits per heavy atom. The summed E-state index contributed by atoms with van der Waals surface area (Å²) in [5.41, 5.74) is 0.757. The predicted octanol–water partition coefficient (Wildman–Crippen LogP) is 0.214. The third kappa shape index (κ3) is 3.30. The van der Waals surface area contributed by atoms with Crippen molar-refractivity contribution in [3.8, 4) is 0 Å². The third-order valence-electron chi connectivity index (χ3n) is 3.46. The van der Waals surface area contributed by atoms with Gasteiger partial charge in [-0.2, -0.15) is 0 Å². The molecule has 1 aromatic rings. The number of aryl methyl sites for hydroxylation is 1. The van der Waals surface area contributed by atoms with Crippen molar-refractivity contribution in [2.24, 2.45) is 0 Å². The summed E-state index contributed by atoms with van der Waals surface area (Å²) in [5.74, 6) is -0.854. The lowest BCUT2D eigenvalue weighted by Crippen LogP contribution is -2.29. The quantitative estimate of drug-likeness (QED) is 0.706. The summed E-state index contributed by atoms with van der Waals surface area (Å²) in [6.45, 7) is 3.97. The van der Waals surface area contributed by atoms with Crippen LogP contribution in [0.5, 0.6) is 0 Å². The highest BCUT2D eigenvalue weighted by molar-refractivity contribution is 5.86. The van der Waals surface area contributed by atoms with Crippen molar-refractivity contribution >= 4 is 5.97 Å². The Morgan fingerprint density at radius 2 is 2.21 bits per heavy atom. The van der Waals surface area contributed by atoms with E-state index in [4.69, 9.17) is 0 Å². The first-order chi connectivity index (χ1) is 9.09. The van der Waals surface area contributed by atoms with Crippen molar-refractivity contribution in [2.45, 2.75) is 44.8 Å². The Hall–Kier alpha value is -1.47. The summed E-state index contributed by atoms with van der Waals surface area (Å²) in [6.07, 6.45) is 1.89. The van der Waals surface area contributed by atoms with Gasteiger partial charge in [0.2, 0.25) is 0 Å². The zero-order valence-corrected chi connectivity index (χ0v) is 11.0. The van der Waals surface area contributed by atoms with Crippen molar-refractivity contribution in [2.75, 3.05) is 13.1 Å². The van der Waals surface area contributed by atoms with Gasteiger partial charge in [0.25, 0.3) is 0 Å². The molecule has 0 aromatic carbocycles. The number of aromatic carboxylic acids is 1. The molecule has 1 atom stereocenters. The molecule has 3 N–H and O–H groups in total. The Morgan fingerprint density at radius 3 is 2.79 bits per heavy atom. The fourth-order valence-corrected chi connectivity index (χ4v) is 2.45. The SMILES string of the molecule is CC(O)CCn1nnc(C(=O)O)c1C1CCNCC1. The van der Waals surface area contributed by atoms with Crippen LogP contribution in [0.25, 0.3) is 0 Å². The van der Waals surface area contributed by atoms with Crippen molar-refractivity contribution < 1.29 is 15.0 Å². The lowest BCUT2D eigenvalue weighted by atomic mass is 9.93. The molecule has 2 heterocycles. The lowest BCUT2D eigenvalue weighted by Gasteiger charge is -2.23. The summed E-state index contributed by atoms with van der Waals surface area (Å²) >= 11 is 0. The van der Waals surface area contributed by atoms with Crippen LogP contribution >= 0.6 is 0 Å². The van der Waals surface area contributed by atoms with Gasteiger partial charge in [-0.25, -0.2) is 9.48 Å². The van der Waals surface area contributed by atoms with Crippen LogP contribution in [-0.2, 0) is 6.54 Å². The minimum absolute atomic E-state index is 0.0532. The second-order valence-corrected chi connectivity index (χ2v) is 5.01. The molecular formula is C12H20N4O3. The number of carbonyl (C=O) groups is 1. The molecule has 0 spiro atoms. The highest BCUT2D eigenvalue weighted by Crippen LogP contribution is 2.27. The number of hydrogen-bond acceptors (Lipinski definition) is 5. The van der Waals surface area contributed by atoms with E-state index in [0.717, 1.165) is 25.9 Å². The van der Waals surface area contributed by atoms with E-state index < -0.39 is 12.1 Å². The van der Waals surface area contributed by atoms with E-state index >= 15 is 0 Å². The first-order valence-electron chi connectivity index (χ1n) is 6.65. The van der Waals surface area contributed by atoms with Gasteiger partial charge in [0.15, 0.2) is 5.69 Å². The minimum atomic E-state index is -1.03. The number of aliphatic hydroxyl groups excluding tert-OH is 1. The highest BCUT2D eigenvalue weighted by atomic mass is 16.4. The molecule has 2 rings (SSSR count). The van der Waals surface area contributed by atoms with E-state index in [1.54, 1.807) is 11.6 Å². The van der Waals surface area contributed by atoms with Crippen LogP contribution in [0.2, 0.25) is 0 Å². The Kier molecular flexibility index (Phi) is 4.49. The molecule has 0 radical (unpaired) electrons. The summed E-state index contributed by atoms with van der Waals surface area (Å²) in [7, 11) is 0. The van der Waals surface area contributed by atoms with E-state index in [2.05, 4.69) is 15.6 Å². The van der Waals surface area contributed by atoms with Crippen LogP contribution in [0.4, 0.5) is 0 Å². The molecule has 1 aliphatic heterocycles. The molecular weight excluding hydrogens is 248 g/mol. The van der Waals surface area contributed by atoms with Crippen molar-refractivity contribution in [1.82, 2.24) is 20.3 Å². The molecule has 7 heteroatoms. The van der Waals surface area contributed by atoms with Gasteiger partial charge in [-0.15, -0.1) is 5.10 Å². The number of rotatable bonds is 5. The van der Waals surface area contributed by atoms with E-state index in [9.17, 15) is 15.0 Å². The molecule has 0 amide bonds. The van der Waals surface area contributed by atoms with Crippen molar-refractivity contribution in [1.29, 1.82) is 0 Å². The number of carboxylic acid groups (broad SMARTS) is 1. The molecule has 0 bridgehead atoms. The van der Waals surface area contributed by atoms with Crippen LogP contribution < -0.4 is 5.32 Å². The van der Waals surface area contributed by atoms with Gasteiger partial charge in [-0.3, -0.25) is 0 Å². The van der Waals surface area contributed by atoms with E-state index in [0.29, 0.717) is 18.7 Å². The summed E-state index contributed by atoms with van der Waals surface area (Å²) in [4.78, 5) is 11.2. The van der Waals surface area contributed by atoms with Crippen LogP contribution in [0, 0.1) is 0 Å². The van der Waals surface area contributed by atoms with Gasteiger partial charge in [0.1, 0.15) is 0 Å². The second kappa shape index (κ2) is 6.12. The number of aliphatic hydroxyl groups is 1. The maximum absolute atomic E-state index is 11.2. The summed E-state index contributed by atoms with van der Waals surface area (Å²) < 4.78 is 1.64. The van der Waals surface area contributed by atoms with Crippen molar-refractivity contribution in [3.05, 3.63) is 11.4 Å². The van der Waals surface area contributed by atoms with Gasteiger partial charge in [0, 0.05) is 12.5 Å². The van der Waals surface area contributed by atoms with Gasteiger partial charge in [-0.05, 0) is 39.3 Å². The molecule has 1 aliphatic rings. The average Bonchev–Trinajstić information content (AvgIpc) is 2.81.